The predicted molar refractivity (Wildman–Crippen MR) is 76.3 cm³/mol. The number of rotatable bonds is 3. The Morgan fingerprint density at radius 3 is 2.68 bits per heavy atom. The summed E-state index contributed by atoms with van der Waals surface area (Å²) in [5.41, 5.74) is 3.14. The summed E-state index contributed by atoms with van der Waals surface area (Å²) in [4.78, 5) is 12.1. The van der Waals surface area contributed by atoms with Crippen molar-refractivity contribution >= 4 is 5.91 Å². The molecule has 104 valence electrons. The van der Waals surface area contributed by atoms with Crippen LogP contribution in [0.2, 0.25) is 0 Å². The maximum Gasteiger partial charge on any atom is 0.251 e. The van der Waals surface area contributed by atoms with Crippen LogP contribution in [0, 0.1) is 5.41 Å². The van der Waals surface area contributed by atoms with Crippen LogP contribution < -0.4 is 5.32 Å². The molecule has 0 fully saturated rings. The van der Waals surface area contributed by atoms with Crippen molar-refractivity contribution in [2.24, 2.45) is 5.41 Å². The highest BCUT2D eigenvalue weighted by Gasteiger charge is 2.22. The average molecular weight is 261 g/mol. The Labute approximate surface area is 115 Å². The van der Waals surface area contributed by atoms with Crippen molar-refractivity contribution in [1.29, 1.82) is 0 Å². The molecule has 0 aromatic heterocycles. The standard InChI is InChI=1S/C16H23NO2/c1-16(2,3)14(18)10-17-15(19)13-8-7-11-5-4-6-12(11)9-13/h7-9,14,18H,4-6,10H2,1-3H3,(H,17,19). The summed E-state index contributed by atoms with van der Waals surface area (Å²) in [5, 5.41) is 12.7. The molecular weight excluding hydrogens is 238 g/mol. The molecule has 1 aliphatic carbocycles. The van der Waals surface area contributed by atoms with E-state index in [0.29, 0.717) is 12.1 Å². The first-order valence-electron chi connectivity index (χ1n) is 6.96. The number of hydrogen-bond donors (Lipinski definition) is 2. The first-order chi connectivity index (χ1) is 8.88. The van der Waals surface area contributed by atoms with E-state index in [1.165, 1.54) is 17.5 Å². The number of fused-ring (bicyclic) bond motifs is 1. The molecule has 1 aromatic carbocycles. The third-order valence-corrected chi connectivity index (χ3v) is 3.82. The molecule has 19 heavy (non-hydrogen) atoms. The second-order valence-electron chi connectivity index (χ2n) is 6.43. The van der Waals surface area contributed by atoms with E-state index in [1.54, 1.807) is 0 Å². The van der Waals surface area contributed by atoms with Gasteiger partial charge in [0.2, 0.25) is 0 Å². The van der Waals surface area contributed by atoms with E-state index in [4.69, 9.17) is 0 Å². The van der Waals surface area contributed by atoms with Gasteiger partial charge in [0.25, 0.3) is 5.91 Å². The fourth-order valence-electron chi connectivity index (χ4n) is 2.31. The Kier molecular flexibility index (Phi) is 3.95. The number of aryl methyl sites for hydroxylation is 2. The molecule has 2 N–H and O–H groups in total. The molecule has 3 heteroatoms. The Morgan fingerprint density at radius 2 is 2.00 bits per heavy atom. The summed E-state index contributed by atoms with van der Waals surface area (Å²) >= 11 is 0. The second-order valence-corrected chi connectivity index (χ2v) is 6.43. The van der Waals surface area contributed by atoms with Crippen LogP contribution >= 0.6 is 0 Å². The van der Waals surface area contributed by atoms with Gasteiger partial charge in [0.05, 0.1) is 6.10 Å². The van der Waals surface area contributed by atoms with E-state index in [-0.39, 0.29) is 11.3 Å². The molecule has 0 radical (unpaired) electrons. The van der Waals surface area contributed by atoms with Crippen LogP contribution in [0.4, 0.5) is 0 Å². The molecular formula is C16H23NO2. The first-order valence-corrected chi connectivity index (χ1v) is 6.96. The minimum absolute atomic E-state index is 0.0991. The molecule has 2 rings (SSSR count). The van der Waals surface area contributed by atoms with Crippen molar-refractivity contribution < 1.29 is 9.90 Å². The SMILES string of the molecule is CC(C)(C)C(O)CNC(=O)c1ccc2c(c1)CCC2. The van der Waals surface area contributed by atoms with Crippen molar-refractivity contribution in [1.82, 2.24) is 5.32 Å². The zero-order chi connectivity index (χ0) is 14.0. The lowest BCUT2D eigenvalue weighted by Crippen LogP contribution is -2.39. The fourth-order valence-corrected chi connectivity index (χ4v) is 2.31. The van der Waals surface area contributed by atoms with Crippen LogP contribution in [0.5, 0.6) is 0 Å². The average Bonchev–Trinajstić information content (AvgIpc) is 2.81. The molecule has 1 amide bonds. The van der Waals surface area contributed by atoms with E-state index in [0.717, 1.165) is 12.8 Å². The molecule has 1 aliphatic rings. The number of aliphatic hydroxyl groups is 1. The third kappa shape index (κ3) is 3.35. The summed E-state index contributed by atoms with van der Waals surface area (Å²) in [6, 6.07) is 5.92. The van der Waals surface area contributed by atoms with Crippen molar-refractivity contribution in [3.05, 3.63) is 34.9 Å². The zero-order valence-electron chi connectivity index (χ0n) is 12.0. The summed E-state index contributed by atoms with van der Waals surface area (Å²) < 4.78 is 0. The van der Waals surface area contributed by atoms with Crippen LogP contribution in [0.25, 0.3) is 0 Å². The fraction of sp³-hybridized carbons (Fsp3) is 0.562. The van der Waals surface area contributed by atoms with E-state index >= 15 is 0 Å². The van der Waals surface area contributed by atoms with Crippen LogP contribution in [0.3, 0.4) is 0 Å². The van der Waals surface area contributed by atoms with Gasteiger partial charge in [0.1, 0.15) is 0 Å². The Morgan fingerprint density at radius 1 is 1.32 bits per heavy atom. The lowest BCUT2D eigenvalue weighted by atomic mass is 9.89. The van der Waals surface area contributed by atoms with Crippen molar-refractivity contribution in [2.45, 2.75) is 46.1 Å². The van der Waals surface area contributed by atoms with E-state index in [1.807, 2.05) is 32.9 Å². The number of aliphatic hydroxyl groups excluding tert-OH is 1. The van der Waals surface area contributed by atoms with Gasteiger partial charge in [0.15, 0.2) is 0 Å². The lowest BCUT2D eigenvalue weighted by molar-refractivity contribution is 0.0587. The van der Waals surface area contributed by atoms with Gasteiger partial charge >= 0.3 is 0 Å². The minimum atomic E-state index is -0.536. The van der Waals surface area contributed by atoms with Crippen LogP contribution in [0.15, 0.2) is 18.2 Å². The molecule has 0 bridgehead atoms. The van der Waals surface area contributed by atoms with Gasteiger partial charge in [0, 0.05) is 12.1 Å². The maximum absolute atomic E-state index is 12.1. The number of nitrogens with one attached hydrogen (secondary N) is 1. The van der Waals surface area contributed by atoms with Crippen molar-refractivity contribution in [3.8, 4) is 0 Å². The van der Waals surface area contributed by atoms with Gasteiger partial charge in [-0.1, -0.05) is 26.8 Å². The second kappa shape index (κ2) is 5.33. The summed E-state index contributed by atoms with van der Waals surface area (Å²) in [5.74, 6) is -0.0991. The van der Waals surface area contributed by atoms with E-state index < -0.39 is 6.10 Å². The summed E-state index contributed by atoms with van der Waals surface area (Å²) in [6.07, 6.45) is 2.84. The van der Waals surface area contributed by atoms with Gasteiger partial charge in [-0.15, -0.1) is 0 Å². The van der Waals surface area contributed by atoms with Gasteiger partial charge in [-0.2, -0.15) is 0 Å². The lowest BCUT2D eigenvalue weighted by Gasteiger charge is -2.25. The molecule has 0 aliphatic heterocycles. The van der Waals surface area contributed by atoms with Gasteiger partial charge < -0.3 is 10.4 Å². The molecule has 1 unspecified atom stereocenters. The normalized spacial score (nSPS) is 16.0. The largest absolute Gasteiger partial charge is 0.391 e. The smallest absolute Gasteiger partial charge is 0.251 e. The Balaban J connectivity index is 1.97. The summed E-state index contributed by atoms with van der Waals surface area (Å²) in [7, 11) is 0. The van der Waals surface area contributed by atoms with E-state index in [2.05, 4.69) is 11.4 Å². The van der Waals surface area contributed by atoms with Crippen molar-refractivity contribution in [2.75, 3.05) is 6.54 Å². The number of amides is 1. The highest BCUT2D eigenvalue weighted by molar-refractivity contribution is 5.94. The van der Waals surface area contributed by atoms with Gasteiger partial charge in [-0.3, -0.25) is 4.79 Å². The van der Waals surface area contributed by atoms with E-state index in [9.17, 15) is 9.90 Å². The Bertz CT molecular complexity index is 474. The predicted octanol–water partition coefficient (Wildman–Crippen LogP) is 2.31. The number of benzene rings is 1. The van der Waals surface area contributed by atoms with Crippen molar-refractivity contribution in [3.63, 3.8) is 0 Å². The zero-order valence-corrected chi connectivity index (χ0v) is 12.0. The Hall–Kier alpha value is -1.35. The molecule has 1 atom stereocenters. The molecule has 1 aromatic rings. The number of hydrogen-bond acceptors (Lipinski definition) is 2. The molecule has 0 spiro atoms. The monoisotopic (exact) mass is 261 g/mol. The number of carbonyl (C=O) groups excluding carboxylic acids is 1. The van der Waals surface area contributed by atoms with Gasteiger partial charge in [-0.25, -0.2) is 0 Å². The third-order valence-electron chi connectivity index (χ3n) is 3.82. The highest BCUT2D eigenvalue weighted by atomic mass is 16.3. The maximum atomic E-state index is 12.1. The van der Waals surface area contributed by atoms with Crippen LogP contribution in [-0.2, 0) is 12.8 Å². The molecule has 0 heterocycles. The minimum Gasteiger partial charge on any atom is -0.391 e. The number of carbonyl (C=O) groups is 1. The van der Waals surface area contributed by atoms with Crippen LogP contribution in [-0.4, -0.2) is 23.7 Å². The van der Waals surface area contributed by atoms with Crippen LogP contribution in [0.1, 0.15) is 48.7 Å². The van der Waals surface area contributed by atoms with Gasteiger partial charge in [-0.05, 0) is 47.9 Å². The molecule has 0 saturated carbocycles. The topological polar surface area (TPSA) is 49.3 Å². The summed E-state index contributed by atoms with van der Waals surface area (Å²) in [6.45, 7) is 6.16. The molecule has 3 nitrogen and oxygen atoms in total. The first kappa shape index (κ1) is 14.1. The highest BCUT2D eigenvalue weighted by Crippen LogP contribution is 2.23. The quantitative estimate of drug-likeness (QED) is 0.877. The molecule has 0 saturated heterocycles.